The van der Waals surface area contributed by atoms with Gasteiger partial charge < -0.3 is 14.6 Å². The van der Waals surface area contributed by atoms with Crippen LogP contribution in [0.3, 0.4) is 0 Å². The van der Waals surface area contributed by atoms with Crippen LogP contribution >= 0.6 is 43.2 Å². The van der Waals surface area contributed by atoms with Crippen LogP contribution < -0.4 is 14.4 Å². The molecular formula is C26H19Br2NO5S. The van der Waals surface area contributed by atoms with E-state index in [1.54, 1.807) is 42.8 Å². The second-order valence-corrected chi connectivity index (χ2v) is 9.99. The lowest BCUT2D eigenvalue weighted by molar-refractivity contribution is -0.135. The van der Waals surface area contributed by atoms with E-state index in [9.17, 15) is 14.7 Å². The summed E-state index contributed by atoms with van der Waals surface area (Å²) in [6, 6.07) is 22.1. The lowest BCUT2D eigenvalue weighted by Crippen LogP contribution is -2.35. The van der Waals surface area contributed by atoms with Crippen molar-refractivity contribution >= 4 is 60.8 Å². The zero-order valence-corrected chi connectivity index (χ0v) is 22.4. The van der Waals surface area contributed by atoms with Gasteiger partial charge >= 0.3 is 5.97 Å². The number of anilines is 1. The van der Waals surface area contributed by atoms with E-state index >= 15 is 0 Å². The van der Waals surface area contributed by atoms with Crippen LogP contribution in [-0.4, -0.2) is 30.6 Å². The van der Waals surface area contributed by atoms with E-state index in [1.807, 2.05) is 42.5 Å². The Balaban J connectivity index is 1.67. The summed E-state index contributed by atoms with van der Waals surface area (Å²) in [6.07, 6.45) is 0. The second kappa shape index (κ2) is 11.1. The van der Waals surface area contributed by atoms with Crippen LogP contribution in [0.4, 0.5) is 5.69 Å². The summed E-state index contributed by atoms with van der Waals surface area (Å²) >= 11 is 8.29. The van der Waals surface area contributed by atoms with Gasteiger partial charge in [-0.1, -0.05) is 36.4 Å². The van der Waals surface area contributed by atoms with Crippen molar-refractivity contribution in [3.05, 3.63) is 92.0 Å². The number of amides is 1. The minimum absolute atomic E-state index is 0.391. The third-order valence-electron chi connectivity index (χ3n) is 5.04. The van der Waals surface area contributed by atoms with E-state index in [4.69, 9.17) is 9.47 Å². The van der Waals surface area contributed by atoms with Gasteiger partial charge in [0.1, 0.15) is 18.0 Å². The van der Waals surface area contributed by atoms with Crippen LogP contribution in [0.25, 0.3) is 11.1 Å². The third kappa shape index (κ3) is 5.75. The smallest absolute Gasteiger partial charge is 0.323 e. The first-order valence-electron chi connectivity index (χ1n) is 10.3. The molecule has 0 atom stereocenters. The van der Waals surface area contributed by atoms with Gasteiger partial charge in [-0.2, -0.15) is 0 Å². The number of benzene rings is 3. The highest BCUT2D eigenvalue weighted by atomic mass is 79.9. The normalized spacial score (nSPS) is 10.6. The molecule has 0 fully saturated rings. The quantitative estimate of drug-likeness (QED) is 0.222. The number of methoxy groups -OCH3 is 1. The summed E-state index contributed by atoms with van der Waals surface area (Å²) < 4.78 is 12.8. The number of carboxylic acid groups (broad SMARTS) is 1. The molecule has 0 unspecified atom stereocenters. The van der Waals surface area contributed by atoms with E-state index in [-0.39, 0.29) is 0 Å². The number of ether oxygens (including phenoxy) is 2. The molecule has 0 aliphatic rings. The highest BCUT2D eigenvalue weighted by Gasteiger charge is 2.23. The first-order valence-corrected chi connectivity index (χ1v) is 12.8. The predicted octanol–water partition coefficient (Wildman–Crippen LogP) is 7.47. The van der Waals surface area contributed by atoms with Crippen molar-refractivity contribution in [3.63, 3.8) is 0 Å². The molecule has 1 aromatic heterocycles. The van der Waals surface area contributed by atoms with E-state index in [0.29, 0.717) is 36.8 Å². The molecule has 9 heteroatoms. The average Bonchev–Trinajstić information content (AvgIpc) is 3.40. The largest absolute Gasteiger partial charge is 0.496 e. The first kappa shape index (κ1) is 25.0. The van der Waals surface area contributed by atoms with Crippen LogP contribution in [0.2, 0.25) is 0 Å². The van der Waals surface area contributed by atoms with E-state index in [2.05, 4.69) is 31.9 Å². The van der Waals surface area contributed by atoms with Crippen LogP contribution in [-0.2, 0) is 4.79 Å². The fourth-order valence-corrected chi connectivity index (χ4v) is 5.46. The van der Waals surface area contributed by atoms with Gasteiger partial charge in [-0.15, -0.1) is 11.3 Å². The van der Waals surface area contributed by atoms with Crippen molar-refractivity contribution < 1.29 is 24.2 Å². The SMILES string of the molecule is COc1ccc(Oc2c(Br)cc(N(CC(=O)O)C(=O)c3cccs3)cc2Br)cc1-c1ccccc1. The Hall–Kier alpha value is -3.14. The average molecular weight is 617 g/mol. The van der Waals surface area contributed by atoms with E-state index in [0.717, 1.165) is 11.1 Å². The summed E-state index contributed by atoms with van der Waals surface area (Å²) in [7, 11) is 1.62. The fourth-order valence-electron chi connectivity index (χ4n) is 3.46. The van der Waals surface area contributed by atoms with Crippen molar-refractivity contribution in [2.45, 2.75) is 0 Å². The molecule has 0 saturated carbocycles. The van der Waals surface area contributed by atoms with Crippen molar-refractivity contribution in [1.82, 2.24) is 0 Å². The number of halogens is 2. The molecule has 1 amide bonds. The Kier molecular flexibility index (Phi) is 7.90. The summed E-state index contributed by atoms with van der Waals surface area (Å²) in [5, 5.41) is 11.2. The molecule has 178 valence electrons. The zero-order chi connectivity index (χ0) is 24.9. The number of aliphatic carboxylic acids is 1. The standard InChI is InChI=1S/C26H19Br2NO5S/c1-33-22-10-9-18(14-19(22)16-6-3-2-4-7-16)34-25-20(27)12-17(13-21(25)28)29(15-24(30)31)26(32)23-8-5-11-35-23/h2-14H,15H2,1H3,(H,30,31). The van der Waals surface area contributed by atoms with Crippen LogP contribution in [0.15, 0.2) is 87.1 Å². The number of hydrogen-bond donors (Lipinski definition) is 1. The molecular weight excluding hydrogens is 598 g/mol. The molecule has 1 N–H and O–H groups in total. The first-order chi connectivity index (χ1) is 16.9. The summed E-state index contributed by atoms with van der Waals surface area (Å²) in [5.41, 5.74) is 2.28. The third-order valence-corrected chi connectivity index (χ3v) is 7.08. The van der Waals surface area contributed by atoms with E-state index < -0.39 is 18.4 Å². The molecule has 6 nitrogen and oxygen atoms in total. The van der Waals surface area contributed by atoms with Gasteiger partial charge in [-0.25, -0.2) is 0 Å². The van der Waals surface area contributed by atoms with Crippen molar-refractivity contribution in [1.29, 1.82) is 0 Å². The molecule has 0 aliphatic carbocycles. The number of rotatable bonds is 8. The number of thiophene rings is 1. The van der Waals surface area contributed by atoms with Gasteiger partial charge in [-0.3, -0.25) is 14.5 Å². The Morgan fingerprint density at radius 3 is 2.29 bits per heavy atom. The summed E-state index contributed by atoms with van der Waals surface area (Å²) in [4.78, 5) is 26.1. The zero-order valence-electron chi connectivity index (χ0n) is 18.4. The number of carboxylic acids is 1. The second-order valence-electron chi connectivity index (χ2n) is 7.33. The maximum Gasteiger partial charge on any atom is 0.323 e. The molecule has 1 heterocycles. The number of nitrogens with zero attached hydrogens (tertiary/aromatic N) is 1. The monoisotopic (exact) mass is 615 g/mol. The molecule has 0 bridgehead atoms. The van der Waals surface area contributed by atoms with Gasteiger partial charge in [-0.05, 0) is 79.2 Å². The minimum atomic E-state index is -1.12. The molecule has 4 rings (SSSR count). The van der Waals surface area contributed by atoms with Gasteiger partial charge in [0.2, 0.25) is 0 Å². The summed E-state index contributed by atoms with van der Waals surface area (Å²) in [5.74, 6) is 0.271. The molecule has 35 heavy (non-hydrogen) atoms. The van der Waals surface area contributed by atoms with Crippen molar-refractivity contribution in [3.8, 4) is 28.4 Å². The molecule has 0 aliphatic heterocycles. The summed E-state index contributed by atoms with van der Waals surface area (Å²) in [6.45, 7) is -0.477. The highest BCUT2D eigenvalue weighted by molar-refractivity contribution is 9.11. The number of hydrogen-bond acceptors (Lipinski definition) is 5. The van der Waals surface area contributed by atoms with Crippen LogP contribution in [0.5, 0.6) is 17.2 Å². The van der Waals surface area contributed by atoms with E-state index in [1.165, 1.54) is 16.2 Å². The minimum Gasteiger partial charge on any atom is -0.496 e. The van der Waals surface area contributed by atoms with Crippen molar-refractivity contribution in [2.75, 3.05) is 18.6 Å². The number of carbonyl (C=O) groups is 2. The van der Waals surface area contributed by atoms with Crippen molar-refractivity contribution in [2.24, 2.45) is 0 Å². The van der Waals surface area contributed by atoms with Crippen LogP contribution in [0.1, 0.15) is 9.67 Å². The molecule has 3 aromatic carbocycles. The maximum absolute atomic E-state index is 13.0. The number of carbonyl (C=O) groups excluding carboxylic acids is 1. The van der Waals surface area contributed by atoms with Crippen LogP contribution in [0, 0.1) is 0 Å². The topological polar surface area (TPSA) is 76.1 Å². The Morgan fingerprint density at radius 1 is 0.971 bits per heavy atom. The Bertz CT molecular complexity index is 1340. The molecule has 0 spiro atoms. The predicted molar refractivity (Wildman–Crippen MR) is 144 cm³/mol. The highest BCUT2D eigenvalue weighted by Crippen LogP contribution is 2.42. The Labute approximate surface area is 223 Å². The maximum atomic E-state index is 13.0. The fraction of sp³-hybridized carbons (Fsp3) is 0.0769. The molecule has 0 radical (unpaired) electrons. The molecule has 0 saturated heterocycles. The Morgan fingerprint density at radius 2 is 1.69 bits per heavy atom. The van der Waals surface area contributed by atoms with Gasteiger partial charge in [0.15, 0.2) is 5.75 Å². The van der Waals surface area contributed by atoms with Gasteiger partial charge in [0, 0.05) is 11.3 Å². The lowest BCUT2D eigenvalue weighted by atomic mass is 10.0. The van der Waals surface area contributed by atoms with Gasteiger partial charge in [0.25, 0.3) is 5.91 Å². The molecule has 4 aromatic rings. The lowest BCUT2D eigenvalue weighted by Gasteiger charge is -2.22. The van der Waals surface area contributed by atoms with Gasteiger partial charge in [0.05, 0.1) is 20.9 Å².